The first-order chi connectivity index (χ1) is 7.39. The lowest BCUT2D eigenvalue weighted by Crippen LogP contribution is -2.31. The van der Waals surface area contributed by atoms with Crippen molar-refractivity contribution in [3.05, 3.63) is 23.9 Å². The summed E-state index contributed by atoms with van der Waals surface area (Å²) in [6.45, 7) is 7.23. The van der Waals surface area contributed by atoms with E-state index in [9.17, 15) is 4.79 Å². The number of hydrogen-bond acceptors (Lipinski definition) is 4. The van der Waals surface area contributed by atoms with Crippen molar-refractivity contribution in [2.45, 2.75) is 33.3 Å². The molecule has 16 heavy (non-hydrogen) atoms. The standard InChI is InChI=1S/C11H19N3O2/c1-5-6-9(7-8-13-12)14-10(15)16-11(2,3)4/h5-8H,12H2,1-4H3,(H,14,15)/b6-5-,9-7+,13-8+. The van der Waals surface area contributed by atoms with Crippen molar-refractivity contribution in [3.63, 3.8) is 0 Å². The minimum Gasteiger partial charge on any atom is -0.444 e. The van der Waals surface area contributed by atoms with E-state index in [0.29, 0.717) is 5.70 Å². The zero-order valence-electron chi connectivity index (χ0n) is 10.2. The van der Waals surface area contributed by atoms with Crippen LogP contribution >= 0.6 is 0 Å². The molecule has 0 aliphatic rings. The average molecular weight is 225 g/mol. The maximum absolute atomic E-state index is 11.4. The Morgan fingerprint density at radius 2 is 2.06 bits per heavy atom. The number of amides is 1. The van der Waals surface area contributed by atoms with Crippen LogP contribution in [-0.2, 0) is 4.74 Å². The lowest BCUT2D eigenvalue weighted by atomic mass is 10.2. The highest BCUT2D eigenvalue weighted by Gasteiger charge is 2.16. The third-order valence-electron chi connectivity index (χ3n) is 1.33. The molecule has 90 valence electrons. The van der Waals surface area contributed by atoms with E-state index in [0.717, 1.165) is 0 Å². The first kappa shape index (κ1) is 14.2. The fourth-order valence-electron chi connectivity index (χ4n) is 0.863. The highest BCUT2D eigenvalue weighted by Crippen LogP contribution is 2.07. The van der Waals surface area contributed by atoms with Gasteiger partial charge in [0.05, 0.1) is 0 Å². The largest absolute Gasteiger partial charge is 0.444 e. The van der Waals surface area contributed by atoms with Gasteiger partial charge in [-0.3, -0.25) is 5.32 Å². The molecule has 0 aromatic rings. The van der Waals surface area contributed by atoms with E-state index in [-0.39, 0.29) is 0 Å². The number of alkyl carbamates (subject to hydrolysis) is 1. The van der Waals surface area contributed by atoms with Crippen molar-refractivity contribution >= 4 is 12.3 Å². The number of carbonyl (C=O) groups excluding carboxylic acids is 1. The first-order valence-corrected chi connectivity index (χ1v) is 4.95. The minimum atomic E-state index is -0.521. The summed E-state index contributed by atoms with van der Waals surface area (Å²) in [5.41, 5.74) is 0.0403. The Bertz CT molecular complexity index is 312. The molecule has 0 radical (unpaired) electrons. The minimum absolute atomic E-state index is 0.512. The van der Waals surface area contributed by atoms with Gasteiger partial charge in [-0.15, -0.1) is 0 Å². The number of ether oxygens (including phenoxy) is 1. The number of carbonyl (C=O) groups is 1. The van der Waals surface area contributed by atoms with Gasteiger partial charge in [-0.2, -0.15) is 5.10 Å². The van der Waals surface area contributed by atoms with E-state index >= 15 is 0 Å². The van der Waals surface area contributed by atoms with E-state index in [2.05, 4.69) is 10.4 Å². The van der Waals surface area contributed by atoms with Gasteiger partial charge in [-0.1, -0.05) is 6.08 Å². The van der Waals surface area contributed by atoms with Gasteiger partial charge in [-0.25, -0.2) is 4.79 Å². The van der Waals surface area contributed by atoms with Crippen LogP contribution in [0.4, 0.5) is 4.79 Å². The normalized spacial score (nSPS) is 13.4. The molecule has 0 fully saturated rings. The van der Waals surface area contributed by atoms with Gasteiger partial charge >= 0.3 is 6.09 Å². The highest BCUT2D eigenvalue weighted by molar-refractivity contribution is 5.76. The molecule has 5 heteroatoms. The quantitative estimate of drug-likeness (QED) is 0.333. The molecule has 0 aliphatic heterocycles. The van der Waals surface area contributed by atoms with E-state index in [1.54, 1.807) is 39.0 Å². The fourth-order valence-corrected chi connectivity index (χ4v) is 0.863. The molecule has 1 amide bonds. The molecular weight excluding hydrogens is 206 g/mol. The molecule has 0 aromatic heterocycles. The summed E-state index contributed by atoms with van der Waals surface area (Å²) in [6, 6.07) is 0. The molecule has 0 bridgehead atoms. The fraction of sp³-hybridized carbons (Fsp3) is 0.455. The Kier molecular flexibility index (Phi) is 5.92. The predicted octanol–water partition coefficient (Wildman–Crippen LogP) is 1.92. The van der Waals surface area contributed by atoms with Gasteiger partial charge in [-0.05, 0) is 39.8 Å². The molecule has 0 saturated carbocycles. The van der Waals surface area contributed by atoms with E-state index in [1.165, 1.54) is 6.21 Å². The van der Waals surface area contributed by atoms with Crippen molar-refractivity contribution in [3.8, 4) is 0 Å². The van der Waals surface area contributed by atoms with Crippen molar-refractivity contribution in [1.82, 2.24) is 5.32 Å². The van der Waals surface area contributed by atoms with Crippen molar-refractivity contribution in [2.75, 3.05) is 0 Å². The molecule has 0 saturated heterocycles. The van der Waals surface area contributed by atoms with E-state index in [1.807, 2.05) is 6.92 Å². The number of nitrogens with zero attached hydrogens (tertiary/aromatic N) is 1. The lowest BCUT2D eigenvalue weighted by molar-refractivity contribution is 0.0548. The summed E-state index contributed by atoms with van der Waals surface area (Å²) in [5.74, 6) is 4.96. The number of nitrogens with two attached hydrogens (primary N) is 1. The summed E-state index contributed by atoms with van der Waals surface area (Å²) in [4.78, 5) is 11.4. The van der Waals surface area contributed by atoms with Crippen LogP contribution in [0.3, 0.4) is 0 Å². The first-order valence-electron chi connectivity index (χ1n) is 4.95. The highest BCUT2D eigenvalue weighted by atomic mass is 16.6. The third kappa shape index (κ3) is 7.61. The molecular formula is C11H19N3O2. The van der Waals surface area contributed by atoms with Gasteiger partial charge in [0, 0.05) is 11.9 Å². The van der Waals surface area contributed by atoms with Crippen molar-refractivity contribution < 1.29 is 9.53 Å². The SMILES string of the molecule is C\C=C/C(=C\C=N\N)NC(=O)OC(C)(C)C. The molecule has 0 aromatic carbocycles. The Balaban J connectivity index is 4.47. The Morgan fingerprint density at radius 1 is 1.44 bits per heavy atom. The number of nitrogens with one attached hydrogen (secondary N) is 1. The molecule has 0 unspecified atom stereocenters. The van der Waals surface area contributed by atoms with Crippen molar-refractivity contribution in [2.24, 2.45) is 10.9 Å². The Morgan fingerprint density at radius 3 is 2.50 bits per heavy atom. The molecule has 0 heterocycles. The number of rotatable bonds is 3. The van der Waals surface area contributed by atoms with Gasteiger partial charge in [0.1, 0.15) is 5.60 Å². The van der Waals surface area contributed by atoms with Gasteiger partial charge in [0.15, 0.2) is 0 Å². The second-order valence-electron chi connectivity index (χ2n) is 4.05. The van der Waals surface area contributed by atoms with Crippen LogP contribution in [0.15, 0.2) is 29.0 Å². The Hall–Kier alpha value is -1.78. The number of hydrogen-bond donors (Lipinski definition) is 2. The maximum atomic E-state index is 11.4. The summed E-state index contributed by atoms with van der Waals surface area (Å²) in [7, 11) is 0. The summed E-state index contributed by atoms with van der Waals surface area (Å²) in [6.07, 6.45) is 5.94. The van der Waals surface area contributed by atoms with Crippen LogP contribution in [0, 0.1) is 0 Å². The number of allylic oxidation sites excluding steroid dienone is 3. The van der Waals surface area contributed by atoms with Crippen LogP contribution in [-0.4, -0.2) is 17.9 Å². The molecule has 0 rings (SSSR count). The van der Waals surface area contributed by atoms with Gasteiger partial charge < -0.3 is 10.6 Å². The summed E-state index contributed by atoms with van der Waals surface area (Å²) < 4.78 is 5.09. The van der Waals surface area contributed by atoms with Crippen LogP contribution < -0.4 is 11.2 Å². The summed E-state index contributed by atoms with van der Waals surface area (Å²) in [5, 5.41) is 5.89. The molecule has 5 nitrogen and oxygen atoms in total. The van der Waals surface area contributed by atoms with Gasteiger partial charge in [0.2, 0.25) is 0 Å². The molecule has 0 aliphatic carbocycles. The topological polar surface area (TPSA) is 76.7 Å². The van der Waals surface area contributed by atoms with E-state index < -0.39 is 11.7 Å². The Labute approximate surface area is 96.0 Å². The smallest absolute Gasteiger partial charge is 0.412 e. The van der Waals surface area contributed by atoms with Crippen LogP contribution in [0.5, 0.6) is 0 Å². The van der Waals surface area contributed by atoms with Crippen molar-refractivity contribution in [1.29, 1.82) is 0 Å². The molecule has 3 N–H and O–H groups in total. The predicted molar refractivity (Wildman–Crippen MR) is 64.9 cm³/mol. The maximum Gasteiger partial charge on any atom is 0.412 e. The van der Waals surface area contributed by atoms with Crippen LogP contribution in [0.25, 0.3) is 0 Å². The zero-order valence-corrected chi connectivity index (χ0v) is 10.2. The van der Waals surface area contributed by atoms with Gasteiger partial charge in [0.25, 0.3) is 0 Å². The zero-order chi connectivity index (χ0) is 12.6. The second-order valence-corrected chi connectivity index (χ2v) is 4.05. The molecule has 0 atom stereocenters. The van der Waals surface area contributed by atoms with Crippen LogP contribution in [0.2, 0.25) is 0 Å². The number of hydrazone groups is 1. The summed E-state index contributed by atoms with van der Waals surface area (Å²) >= 11 is 0. The average Bonchev–Trinajstić information content (AvgIpc) is 2.11. The third-order valence-corrected chi connectivity index (χ3v) is 1.33. The second kappa shape index (κ2) is 6.66. The lowest BCUT2D eigenvalue weighted by Gasteiger charge is -2.19. The van der Waals surface area contributed by atoms with E-state index in [4.69, 9.17) is 10.6 Å². The van der Waals surface area contributed by atoms with Crippen LogP contribution in [0.1, 0.15) is 27.7 Å². The molecule has 0 spiro atoms. The monoisotopic (exact) mass is 225 g/mol.